The molecule has 1 aliphatic carbocycles. The summed E-state index contributed by atoms with van der Waals surface area (Å²) in [4.78, 5) is 44.7. The van der Waals surface area contributed by atoms with Gasteiger partial charge in [-0.1, -0.05) is 12.1 Å². The number of H-pyrrole nitrogens is 1. The number of rotatable bonds is 6. The highest BCUT2D eigenvalue weighted by molar-refractivity contribution is 6.02. The fourth-order valence-corrected chi connectivity index (χ4v) is 4.10. The molecule has 0 bridgehead atoms. The molecular formula is C22H23N3O5. The predicted molar refractivity (Wildman–Crippen MR) is 112 cm³/mol. The average molecular weight is 409 g/mol. The van der Waals surface area contributed by atoms with Crippen LogP contribution in [0, 0.1) is 0 Å². The molecule has 0 spiro atoms. The number of pyridine rings is 1. The summed E-state index contributed by atoms with van der Waals surface area (Å²) in [6.07, 6.45) is 2.96. The van der Waals surface area contributed by atoms with Crippen molar-refractivity contribution >= 4 is 16.8 Å². The fourth-order valence-electron chi connectivity index (χ4n) is 4.10. The van der Waals surface area contributed by atoms with E-state index < -0.39 is 11.2 Å². The number of carbonyl (C=O) groups excluding carboxylic acids is 1. The number of ether oxygens (including phenoxy) is 2. The zero-order valence-electron chi connectivity index (χ0n) is 16.9. The third-order valence-electron chi connectivity index (χ3n) is 5.61. The number of hydrogen-bond donors (Lipinski definition) is 1. The van der Waals surface area contributed by atoms with E-state index in [4.69, 9.17) is 9.47 Å². The summed E-state index contributed by atoms with van der Waals surface area (Å²) in [7, 11) is 3.19. The summed E-state index contributed by atoms with van der Waals surface area (Å²) < 4.78 is 11.7. The molecule has 2 aromatic heterocycles. The van der Waals surface area contributed by atoms with E-state index in [9.17, 15) is 14.4 Å². The van der Waals surface area contributed by atoms with E-state index in [0.29, 0.717) is 54.6 Å². The summed E-state index contributed by atoms with van der Waals surface area (Å²) in [6.45, 7) is 0.845. The van der Waals surface area contributed by atoms with Gasteiger partial charge in [0.25, 0.3) is 5.56 Å². The molecule has 0 amide bonds. The molecule has 0 aliphatic heterocycles. The number of aryl methyl sites for hydroxylation is 1. The molecule has 4 rings (SSSR count). The Balaban J connectivity index is 1.82. The van der Waals surface area contributed by atoms with E-state index in [1.807, 2.05) is 24.3 Å². The third kappa shape index (κ3) is 3.54. The number of hydrogen-bond acceptors (Lipinski definition) is 6. The lowest BCUT2D eigenvalue weighted by atomic mass is 9.79. The number of fused-ring (bicyclic) bond motifs is 3. The van der Waals surface area contributed by atoms with Crippen molar-refractivity contribution in [3.8, 4) is 5.75 Å². The summed E-state index contributed by atoms with van der Waals surface area (Å²) >= 11 is 0. The molecular weight excluding hydrogens is 386 g/mol. The van der Waals surface area contributed by atoms with Gasteiger partial charge in [-0.3, -0.25) is 19.1 Å². The van der Waals surface area contributed by atoms with Crippen LogP contribution < -0.4 is 16.0 Å². The first-order valence-corrected chi connectivity index (χ1v) is 9.84. The summed E-state index contributed by atoms with van der Waals surface area (Å²) in [6, 6.07) is 7.60. The molecule has 0 saturated carbocycles. The van der Waals surface area contributed by atoms with Crippen LogP contribution in [0.2, 0.25) is 0 Å². The lowest BCUT2D eigenvalue weighted by Crippen LogP contribution is -2.33. The van der Waals surface area contributed by atoms with Gasteiger partial charge in [0, 0.05) is 38.4 Å². The molecule has 0 fully saturated rings. The van der Waals surface area contributed by atoms with E-state index in [0.717, 1.165) is 11.3 Å². The number of carbonyl (C=O) groups is 1. The molecule has 3 aromatic rings. The van der Waals surface area contributed by atoms with Gasteiger partial charge in [-0.15, -0.1) is 0 Å². The third-order valence-corrected chi connectivity index (χ3v) is 5.61. The van der Waals surface area contributed by atoms with Gasteiger partial charge in [-0.25, -0.2) is 9.78 Å². The van der Waals surface area contributed by atoms with Crippen molar-refractivity contribution in [2.45, 2.75) is 31.7 Å². The Kier molecular flexibility index (Phi) is 5.50. The van der Waals surface area contributed by atoms with Gasteiger partial charge in [0.2, 0.25) is 0 Å². The van der Waals surface area contributed by atoms with Crippen molar-refractivity contribution in [3.05, 3.63) is 68.0 Å². The number of nitrogens with zero attached hydrogens (tertiary/aromatic N) is 2. The summed E-state index contributed by atoms with van der Waals surface area (Å²) in [5.74, 6) is 0.630. The fraction of sp³-hybridized carbons (Fsp3) is 0.364. The van der Waals surface area contributed by atoms with Crippen LogP contribution in [0.3, 0.4) is 0 Å². The minimum Gasteiger partial charge on any atom is -0.497 e. The Labute approximate surface area is 172 Å². The van der Waals surface area contributed by atoms with Crippen LogP contribution in [0.4, 0.5) is 0 Å². The molecule has 1 aliphatic rings. The van der Waals surface area contributed by atoms with Crippen LogP contribution in [0.15, 0.2) is 40.1 Å². The second-order valence-electron chi connectivity index (χ2n) is 7.41. The van der Waals surface area contributed by atoms with Crippen LogP contribution in [0.1, 0.15) is 40.2 Å². The largest absolute Gasteiger partial charge is 0.497 e. The second kappa shape index (κ2) is 8.23. The van der Waals surface area contributed by atoms with E-state index in [1.165, 1.54) is 10.8 Å². The molecule has 8 heteroatoms. The van der Waals surface area contributed by atoms with Gasteiger partial charge >= 0.3 is 5.69 Å². The molecule has 8 nitrogen and oxygen atoms in total. The smallest absolute Gasteiger partial charge is 0.329 e. The van der Waals surface area contributed by atoms with Crippen LogP contribution in [-0.4, -0.2) is 41.1 Å². The number of nitrogens with one attached hydrogen (secondary N) is 1. The Morgan fingerprint density at radius 3 is 2.60 bits per heavy atom. The minimum absolute atomic E-state index is 0.0528. The topological polar surface area (TPSA) is 103 Å². The highest BCUT2D eigenvalue weighted by atomic mass is 16.5. The van der Waals surface area contributed by atoms with Crippen LogP contribution in [-0.2, 0) is 17.7 Å². The van der Waals surface area contributed by atoms with Gasteiger partial charge in [-0.05, 0) is 42.0 Å². The van der Waals surface area contributed by atoms with Crippen molar-refractivity contribution in [2.75, 3.05) is 20.8 Å². The van der Waals surface area contributed by atoms with Gasteiger partial charge in [0.05, 0.1) is 12.5 Å². The Bertz CT molecular complexity index is 1210. The molecule has 156 valence electrons. The molecule has 1 aromatic carbocycles. The Hall–Kier alpha value is -3.26. The van der Waals surface area contributed by atoms with E-state index in [-0.39, 0.29) is 11.7 Å². The maximum absolute atomic E-state index is 12.8. The van der Waals surface area contributed by atoms with E-state index >= 15 is 0 Å². The monoisotopic (exact) mass is 409 g/mol. The molecule has 1 N–H and O–H groups in total. The van der Waals surface area contributed by atoms with E-state index in [2.05, 4.69) is 9.97 Å². The number of benzene rings is 1. The van der Waals surface area contributed by atoms with Crippen molar-refractivity contribution in [1.82, 2.24) is 14.5 Å². The van der Waals surface area contributed by atoms with Gasteiger partial charge < -0.3 is 9.47 Å². The summed E-state index contributed by atoms with van der Waals surface area (Å²) in [5.41, 5.74) is 1.40. The molecule has 30 heavy (non-hydrogen) atoms. The highest BCUT2D eigenvalue weighted by Gasteiger charge is 2.30. The van der Waals surface area contributed by atoms with Crippen LogP contribution >= 0.6 is 0 Å². The summed E-state index contributed by atoms with van der Waals surface area (Å²) in [5, 5.41) is 0.316. The maximum atomic E-state index is 12.8. The zero-order chi connectivity index (χ0) is 21.3. The first-order chi connectivity index (χ1) is 14.5. The Morgan fingerprint density at radius 1 is 1.13 bits per heavy atom. The van der Waals surface area contributed by atoms with Crippen molar-refractivity contribution in [1.29, 1.82) is 0 Å². The van der Waals surface area contributed by atoms with E-state index in [1.54, 1.807) is 14.2 Å². The maximum Gasteiger partial charge on any atom is 0.329 e. The standard InChI is InChI=1S/C22H23N3O5/c1-29-9-3-8-25-20-19(21(27)24-22(25)28)16-10-14(11-18(26)17(16)12-23-20)13-4-6-15(30-2)7-5-13/h4-7,12,14H,3,8-11H2,1-2H3,(H,24,27,28)/t14-/m0/s1. The normalized spacial score (nSPS) is 15.9. The van der Waals surface area contributed by atoms with Crippen molar-refractivity contribution < 1.29 is 14.3 Å². The lowest BCUT2D eigenvalue weighted by molar-refractivity contribution is 0.0964. The SMILES string of the molecule is COCCCn1c(=O)[nH]c(=O)c2c3c(cnc21)C(=O)C[C@@H](c1ccc(OC)cc1)C3. The predicted octanol–water partition coefficient (Wildman–Crippen LogP) is 2.04. The van der Waals surface area contributed by atoms with Crippen molar-refractivity contribution in [3.63, 3.8) is 0 Å². The first kappa shape index (κ1) is 20.0. The highest BCUT2D eigenvalue weighted by Crippen LogP contribution is 2.35. The van der Waals surface area contributed by atoms with Gasteiger partial charge in [-0.2, -0.15) is 0 Å². The van der Waals surface area contributed by atoms with Gasteiger partial charge in [0.1, 0.15) is 11.4 Å². The minimum atomic E-state index is -0.509. The van der Waals surface area contributed by atoms with Crippen molar-refractivity contribution in [2.24, 2.45) is 0 Å². The molecule has 0 unspecified atom stereocenters. The molecule has 0 radical (unpaired) electrons. The lowest BCUT2D eigenvalue weighted by Gasteiger charge is -2.25. The quantitative estimate of drug-likeness (QED) is 0.625. The number of aromatic amines is 1. The molecule has 1 atom stereocenters. The van der Waals surface area contributed by atoms with Crippen LogP contribution in [0.25, 0.3) is 11.0 Å². The molecule has 2 heterocycles. The second-order valence-corrected chi connectivity index (χ2v) is 7.41. The molecule has 0 saturated heterocycles. The van der Waals surface area contributed by atoms with Crippen LogP contribution in [0.5, 0.6) is 5.75 Å². The Morgan fingerprint density at radius 2 is 1.90 bits per heavy atom. The number of ketones is 1. The zero-order valence-corrected chi connectivity index (χ0v) is 16.9. The number of methoxy groups -OCH3 is 2. The first-order valence-electron chi connectivity index (χ1n) is 9.84. The number of Topliss-reactive ketones (excluding diaryl/α,β-unsaturated/α-hetero) is 1. The van der Waals surface area contributed by atoms with Gasteiger partial charge in [0.15, 0.2) is 5.78 Å². The average Bonchev–Trinajstić information content (AvgIpc) is 2.75. The number of aromatic nitrogens is 3.